The fourth-order valence-electron chi connectivity index (χ4n) is 0.441. The van der Waals surface area contributed by atoms with Gasteiger partial charge < -0.3 is 10.2 Å². The molecule has 0 aliphatic carbocycles. The SMILES string of the molecule is C=C(C)C(=O)O.Oc1ccc(I)cc1. The van der Waals surface area contributed by atoms with E-state index in [0.717, 1.165) is 3.57 Å². The van der Waals surface area contributed by atoms with Crippen molar-refractivity contribution in [2.75, 3.05) is 0 Å². The van der Waals surface area contributed by atoms with Gasteiger partial charge in [-0.25, -0.2) is 4.79 Å². The van der Waals surface area contributed by atoms with Crippen LogP contribution in [0.3, 0.4) is 0 Å². The predicted molar refractivity (Wildman–Crippen MR) is 63.3 cm³/mol. The Morgan fingerprint density at radius 1 is 1.36 bits per heavy atom. The molecule has 0 aliphatic heterocycles. The monoisotopic (exact) mass is 306 g/mol. The third-order valence-corrected chi connectivity index (χ3v) is 1.91. The van der Waals surface area contributed by atoms with Gasteiger partial charge in [0.05, 0.1) is 0 Å². The summed E-state index contributed by atoms with van der Waals surface area (Å²) in [7, 11) is 0. The zero-order chi connectivity index (χ0) is 11.1. The molecule has 0 fully saturated rings. The first kappa shape index (κ1) is 13.0. The van der Waals surface area contributed by atoms with Gasteiger partial charge in [0.15, 0.2) is 0 Å². The van der Waals surface area contributed by atoms with Gasteiger partial charge in [0, 0.05) is 9.14 Å². The lowest BCUT2D eigenvalue weighted by Crippen LogP contribution is -1.92. The minimum absolute atomic E-state index is 0.176. The van der Waals surface area contributed by atoms with Crippen molar-refractivity contribution in [2.45, 2.75) is 6.92 Å². The van der Waals surface area contributed by atoms with Crippen LogP contribution in [0.15, 0.2) is 36.4 Å². The molecule has 76 valence electrons. The van der Waals surface area contributed by atoms with Crippen molar-refractivity contribution in [3.8, 4) is 5.75 Å². The molecule has 0 spiro atoms. The molecule has 0 heterocycles. The molecular formula is C10H11IO3. The fraction of sp³-hybridized carbons (Fsp3) is 0.100. The first-order valence-corrected chi connectivity index (χ1v) is 4.84. The second-order valence-corrected chi connectivity index (χ2v) is 3.81. The van der Waals surface area contributed by atoms with Gasteiger partial charge in [-0.05, 0) is 53.8 Å². The molecule has 0 bridgehead atoms. The van der Waals surface area contributed by atoms with Crippen LogP contribution in [0.2, 0.25) is 0 Å². The summed E-state index contributed by atoms with van der Waals surface area (Å²) >= 11 is 2.19. The largest absolute Gasteiger partial charge is 0.508 e. The van der Waals surface area contributed by atoms with Gasteiger partial charge in [-0.15, -0.1) is 0 Å². The summed E-state index contributed by atoms with van der Waals surface area (Å²) in [6.45, 7) is 4.60. The van der Waals surface area contributed by atoms with Crippen LogP contribution in [0, 0.1) is 3.57 Å². The Balaban J connectivity index is 0.000000255. The number of halogens is 1. The minimum Gasteiger partial charge on any atom is -0.508 e. The van der Waals surface area contributed by atoms with Crippen LogP contribution in [-0.2, 0) is 4.79 Å². The van der Waals surface area contributed by atoms with Crippen LogP contribution in [-0.4, -0.2) is 16.2 Å². The highest BCUT2D eigenvalue weighted by atomic mass is 127. The van der Waals surface area contributed by atoms with Crippen molar-refractivity contribution < 1.29 is 15.0 Å². The number of aromatic hydroxyl groups is 1. The van der Waals surface area contributed by atoms with E-state index in [1.54, 1.807) is 12.1 Å². The van der Waals surface area contributed by atoms with E-state index in [1.165, 1.54) is 6.92 Å². The Hall–Kier alpha value is -1.04. The van der Waals surface area contributed by atoms with Gasteiger partial charge in [0.1, 0.15) is 5.75 Å². The quantitative estimate of drug-likeness (QED) is 0.619. The lowest BCUT2D eigenvalue weighted by Gasteiger charge is -1.87. The van der Waals surface area contributed by atoms with Gasteiger partial charge in [0.25, 0.3) is 0 Å². The summed E-state index contributed by atoms with van der Waals surface area (Å²) in [5.74, 6) is -0.611. The smallest absolute Gasteiger partial charge is 0.330 e. The Morgan fingerprint density at radius 3 is 1.93 bits per heavy atom. The van der Waals surface area contributed by atoms with Crippen molar-refractivity contribution >= 4 is 28.6 Å². The number of phenols is 1. The summed E-state index contributed by atoms with van der Waals surface area (Å²) in [4.78, 5) is 9.60. The van der Waals surface area contributed by atoms with Crippen LogP contribution in [0.1, 0.15) is 6.92 Å². The number of aliphatic carboxylic acids is 1. The number of phenolic OH excluding ortho intramolecular Hbond substituents is 1. The van der Waals surface area contributed by atoms with E-state index >= 15 is 0 Å². The Kier molecular flexibility index (Phi) is 5.94. The van der Waals surface area contributed by atoms with Crippen LogP contribution >= 0.6 is 22.6 Å². The maximum atomic E-state index is 9.60. The lowest BCUT2D eigenvalue weighted by atomic mass is 10.3. The highest BCUT2D eigenvalue weighted by molar-refractivity contribution is 14.1. The van der Waals surface area contributed by atoms with E-state index < -0.39 is 5.97 Å². The van der Waals surface area contributed by atoms with Crippen molar-refractivity contribution in [2.24, 2.45) is 0 Å². The average molecular weight is 306 g/mol. The first-order valence-electron chi connectivity index (χ1n) is 3.77. The molecule has 0 unspecified atom stereocenters. The second-order valence-electron chi connectivity index (χ2n) is 2.56. The molecule has 0 saturated carbocycles. The Bertz CT molecular complexity index is 284. The zero-order valence-corrected chi connectivity index (χ0v) is 9.85. The van der Waals surface area contributed by atoms with E-state index in [4.69, 9.17) is 10.2 Å². The summed E-state index contributed by atoms with van der Waals surface area (Å²) in [5.41, 5.74) is 0.176. The number of rotatable bonds is 1. The molecule has 0 aromatic heterocycles. The molecule has 0 amide bonds. The Morgan fingerprint density at radius 2 is 1.71 bits per heavy atom. The Labute approximate surface area is 96.2 Å². The summed E-state index contributed by atoms with van der Waals surface area (Å²) < 4.78 is 1.14. The van der Waals surface area contributed by atoms with Crippen molar-refractivity contribution in [3.63, 3.8) is 0 Å². The zero-order valence-electron chi connectivity index (χ0n) is 7.70. The van der Waals surface area contributed by atoms with Gasteiger partial charge in [-0.2, -0.15) is 0 Å². The van der Waals surface area contributed by atoms with E-state index in [1.807, 2.05) is 12.1 Å². The molecule has 4 heteroatoms. The number of carboxylic acid groups (broad SMARTS) is 1. The molecular weight excluding hydrogens is 295 g/mol. The standard InChI is InChI=1S/C6H5IO.C4H6O2/c7-5-1-3-6(8)4-2-5;1-3(2)4(5)6/h1-4,8H;1H2,2H3,(H,5,6). The summed E-state index contributed by atoms with van der Waals surface area (Å²) in [5, 5.41) is 16.6. The van der Waals surface area contributed by atoms with Crippen LogP contribution in [0.4, 0.5) is 0 Å². The molecule has 1 aromatic carbocycles. The third-order valence-electron chi connectivity index (χ3n) is 1.19. The van der Waals surface area contributed by atoms with E-state index in [-0.39, 0.29) is 5.57 Å². The molecule has 0 radical (unpaired) electrons. The normalized spacial score (nSPS) is 8.43. The molecule has 3 nitrogen and oxygen atoms in total. The van der Waals surface area contributed by atoms with E-state index in [0.29, 0.717) is 5.75 Å². The third kappa shape index (κ3) is 6.47. The van der Waals surface area contributed by atoms with Crippen LogP contribution in [0.5, 0.6) is 5.75 Å². The van der Waals surface area contributed by atoms with Crippen molar-refractivity contribution in [3.05, 3.63) is 40.0 Å². The number of carboxylic acids is 1. The second kappa shape index (κ2) is 6.42. The molecule has 0 atom stereocenters. The number of hydrogen-bond donors (Lipinski definition) is 2. The van der Waals surface area contributed by atoms with E-state index in [9.17, 15) is 4.79 Å². The fourth-order valence-corrected chi connectivity index (χ4v) is 0.801. The van der Waals surface area contributed by atoms with Crippen molar-refractivity contribution in [1.82, 2.24) is 0 Å². The van der Waals surface area contributed by atoms with E-state index in [2.05, 4.69) is 29.2 Å². The molecule has 2 N–H and O–H groups in total. The van der Waals surface area contributed by atoms with Gasteiger partial charge in [-0.1, -0.05) is 6.58 Å². The highest BCUT2D eigenvalue weighted by Gasteiger charge is 1.90. The van der Waals surface area contributed by atoms with Crippen LogP contribution < -0.4 is 0 Å². The van der Waals surface area contributed by atoms with Gasteiger partial charge in [0.2, 0.25) is 0 Å². The molecule has 1 rings (SSSR count). The molecule has 0 saturated heterocycles. The average Bonchev–Trinajstić information content (AvgIpc) is 2.11. The van der Waals surface area contributed by atoms with Gasteiger partial charge >= 0.3 is 5.97 Å². The number of carbonyl (C=O) groups is 1. The molecule has 14 heavy (non-hydrogen) atoms. The molecule has 0 aliphatic rings. The first-order chi connectivity index (χ1) is 6.43. The lowest BCUT2D eigenvalue weighted by molar-refractivity contribution is -0.132. The summed E-state index contributed by atoms with van der Waals surface area (Å²) in [6, 6.07) is 7.05. The molecule has 1 aromatic rings. The number of benzene rings is 1. The topological polar surface area (TPSA) is 57.5 Å². The maximum absolute atomic E-state index is 9.60. The van der Waals surface area contributed by atoms with Crippen molar-refractivity contribution in [1.29, 1.82) is 0 Å². The maximum Gasteiger partial charge on any atom is 0.330 e. The predicted octanol–water partition coefficient (Wildman–Crippen LogP) is 2.64. The number of hydrogen-bond acceptors (Lipinski definition) is 2. The van der Waals surface area contributed by atoms with Crippen LogP contribution in [0.25, 0.3) is 0 Å². The highest BCUT2D eigenvalue weighted by Crippen LogP contribution is 2.10. The van der Waals surface area contributed by atoms with Gasteiger partial charge in [-0.3, -0.25) is 0 Å². The minimum atomic E-state index is -0.935. The summed E-state index contributed by atoms with van der Waals surface area (Å²) in [6.07, 6.45) is 0.